The van der Waals surface area contributed by atoms with Crippen LogP contribution in [-0.4, -0.2) is 21.1 Å². The number of para-hydroxylation sites is 2. The Bertz CT molecular complexity index is 1140. The fourth-order valence-corrected chi connectivity index (χ4v) is 3.89. The maximum Gasteiger partial charge on any atom is 0.317 e. The predicted octanol–water partition coefficient (Wildman–Crippen LogP) is 2.42. The molecule has 1 amide bonds. The fourth-order valence-electron chi connectivity index (χ4n) is 3.89. The molecule has 1 N–H and O–H groups in total. The molecular weight excluding hydrogens is 354 g/mol. The summed E-state index contributed by atoms with van der Waals surface area (Å²) in [7, 11) is 1.61. The average Bonchev–Trinajstić information content (AvgIpc) is 3.23. The first-order valence-corrected chi connectivity index (χ1v) is 9.63. The van der Waals surface area contributed by atoms with Gasteiger partial charge in [-0.05, 0) is 42.7 Å². The van der Waals surface area contributed by atoms with Gasteiger partial charge in [-0.25, -0.2) is 0 Å². The Balaban J connectivity index is 1.61. The van der Waals surface area contributed by atoms with Crippen LogP contribution in [0.3, 0.4) is 0 Å². The van der Waals surface area contributed by atoms with Crippen LogP contribution < -0.4 is 16.4 Å². The maximum absolute atomic E-state index is 12.5. The van der Waals surface area contributed by atoms with E-state index in [0.717, 1.165) is 18.4 Å². The lowest BCUT2D eigenvalue weighted by Crippen LogP contribution is -2.40. The molecule has 1 aromatic heterocycles. The number of hydrogen-bond acceptors (Lipinski definition) is 3. The highest BCUT2D eigenvalue weighted by molar-refractivity contribution is 5.94. The van der Waals surface area contributed by atoms with E-state index in [1.165, 1.54) is 22.0 Å². The third kappa shape index (κ3) is 3.38. The van der Waals surface area contributed by atoms with Crippen LogP contribution in [0.5, 0.6) is 0 Å². The van der Waals surface area contributed by atoms with Crippen LogP contribution in [0.1, 0.15) is 41.6 Å². The zero-order chi connectivity index (χ0) is 19.7. The highest BCUT2D eigenvalue weighted by Crippen LogP contribution is 2.18. The zero-order valence-corrected chi connectivity index (χ0v) is 15.9. The van der Waals surface area contributed by atoms with Gasteiger partial charge < -0.3 is 9.88 Å². The summed E-state index contributed by atoms with van der Waals surface area (Å²) in [5.41, 5.74) is 1.78. The lowest BCUT2D eigenvalue weighted by atomic mass is 10.1. The topological polar surface area (TPSA) is 73.1 Å². The number of amides is 1. The zero-order valence-electron chi connectivity index (χ0n) is 15.9. The molecule has 0 bridgehead atoms. The second-order valence-corrected chi connectivity index (χ2v) is 7.40. The van der Waals surface area contributed by atoms with Gasteiger partial charge in [0.1, 0.15) is 0 Å². The molecule has 1 aliphatic rings. The number of aryl methyl sites for hydroxylation is 1. The van der Waals surface area contributed by atoms with Gasteiger partial charge in [0, 0.05) is 18.7 Å². The van der Waals surface area contributed by atoms with Gasteiger partial charge in [0.2, 0.25) is 0 Å². The van der Waals surface area contributed by atoms with Crippen molar-refractivity contribution in [3.63, 3.8) is 0 Å². The van der Waals surface area contributed by atoms with Gasteiger partial charge >= 0.3 is 11.1 Å². The molecule has 1 fully saturated rings. The van der Waals surface area contributed by atoms with Crippen LogP contribution in [0.4, 0.5) is 0 Å². The molecule has 144 valence electrons. The third-order valence-electron chi connectivity index (χ3n) is 5.51. The summed E-state index contributed by atoms with van der Waals surface area (Å²) in [6.07, 6.45) is 4.43. The van der Waals surface area contributed by atoms with Crippen LogP contribution in [-0.2, 0) is 13.6 Å². The molecule has 0 saturated heterocycles. The summed E-state index contributed by atoms with van der Waals surface area (Å²) in [5.74, 6) is -0.0605. The Hall–Kier alpha value is -3.15. The van der Waals surface area contributed by atoms with Gasteiger partial charge in [-0.1, -0.05) is 37.1 Å². The minimum atomic E-state index is -0.552. The molecule has 1 aliphatic carbocycles. The number of aromatic nitrogens is 2. The van der Waals surface area contributed by atoms with Crippen molar-refractivity contribution in [2.24, 2.45) is 7.05 Å². The van der Waals surface area contributed by atoms with Crippen molar-refractivity contribution in [3.8, 4) is 0 Å². The van der Waals surface area contributed by atoms with Crippen molar-refractivity contribution in [3.05, 3.63) is 80.4 Å². The molecular formula is C22H23N3O3. The number of nitrogens with zero attached hydrogens (tertiary/aromatic N) is 2. The number of carbonyl (C=O) groups is 1. The summed E-state index contributed by atoms with van der Waals surface area (Å²) >= 11 is 0. The molecule has 28 heavy (non-hydrogen) atoms. The number of hydrogen-bond donors (Lipinski definition) is 1. The molecule has 6 nitrogen and oxygen atoms in total. The molecule has 4 rings (SSSR count). The number of fused-ring (bicyclic) bond motifs is 1. The summed E-state index contributed by atoms with van der Waals surface area (Å²) in [6, 6.07) is 14.8. The highest BCUT2D eigenvalue weighted by Gasteiger charge is 2.18. The van der Waals surface area contributed by atoms with Crippen molar-refractivity contribution in [2.75, 3.05) is 0 Å². The highest BCUT2D eigenvalue weighted by atomic mass is 16.2. The van der Waals surface area contributed by atoms with Crippen LogP contribution >= 0.6 is 0 Å². The number of nitrogens with one attached hydrogen (secondary N) is 1. The van der Waals surface area contributed by atoms with Gasteiger partial charge in [-0.3, -0.25) is 19.0 Å². The lowest BCUT2D eigenvalue weighted by molar-refractivity contribution is 0.0938. The van der Waals surface area contributed by atoms with E-state index in [-0.39, 0.29) is 18.5 Å². The van der Waals surface area contributed by atoms with E-state index in [1.807, 2.05) is 36.4 Å². The largest absolute Gasteiger partial charge is 0.349 e. The van der Waals surface area contributed by atoms with Crippen molar-refractivity contribution < 1.29 is 4.79 Å². The van der Waals surface area contributed by atoms with E-state index in [9.17, 15) is 14.4 Å². The molecule has 1 heterocycles. The molecule has 0 aliphatic heterocycles. The van der Waals surface area contributed by atoms with E-state index < -0.39 is 11.1 Å². The minimum Gasteiger partial charge on any atom is -0.349 e. The second-order valence-electron chi connectivity index (χ2n) is 7.40. The Morgan fingerprint density at radius 3 is 2.29 bits per heavy atom. The van der Waals surface area contributed by atoms with Crippen LogP contribution in [0.15, 0.2) is 58.1 Å². The molecule has 0 unspecified atom stereocenters. The minimum absolute atomic E-state index is 0.0605. The first-order chi connectivity index (χ1) is 13.5. The van der Waals surface area contributed by atoms with Gasteiger partial charge in [0.15, 0.2) is 0 Å². The fraction of sp³-hybridized carbons (Fsp3) is 0.318. The van der Waals surface area contributed by atoms with Crippen LogP contribution in [0, 0.1) is 0 Å². The quantitative estimate of drug-likeness (QED) is 0.710. The van der Waals surface area contributed by atoms with Gasteiger partial charge in [-0.2, -0.15) is 0 Å². The summed E-state index contributed by atoms with van der Waals surface area (Å²) in [5, 5.41) is 3.07. The normalized spacial score (nSPS) is 14.5. The van der Waals surface area contributed by atoms with Crippen LogP contribution in [0.25, 0.3) is 11.0 Å². The molecule has 6 heteroatoms. The smallest absolute Gasteiger partial charge is 0.317 e. The van der Waals surface area contributed by atoms with E-state index in [4.69, 9.17) is 0 Å². The van der Waals surface area contributed by atoms with Gasteiger partial charge in [0.05, 0.1) is 17.6 Å². The maximum atomic E-state index is 12.5. The SMILES string of the molecule is Cn1c(=O)c(=O)n(Cc2ccc(C(=O)NC3CCCC3)cc2)c2ccccc21. The molecule has 0 atom stereocenters. The Morgan fingerprint density at radius 1 is 0.964 bits per heavy atom. The first-order valence-electron chi connectivity index (χ1n) is 9.63. The number of rotatable bonds is 4. The second kappa shape index (κ2) is 7.46. The van der Waals surface area contributed by atoms with Crippen molar-refractivity contribution in [2.45, 2.75) is 38.3 Å². The van der Waals surface area contributed by atoms with E-state index >= 15 is 0 Å². The number of carbonyl (C=O) groups excluding carboxylic acids is 1. The monoisotopic (exact) mass is 377 g/mol. The predicted molar refractivity (Wildman–Crippen MR) is 109 cm³/mol. The molecule has 0 spiro atoms. The van der Waals surface area contributed by atoms with Crippen molar-refractivity contribution in [1.29, 1.82) is 0 Å². The third-order valence-corrected chi connectivity index (χ3v) is 5.51. The lowest BCUT2D eigenvalue weighted by Gasteiger charge is -2.14. The molecule has 3 aromatic rings. The van der Waals surface area contributed by atoms with E-state index in [2.05, 4.69) is 5.32 Å². The number of benzene rings is 2. The Morgan fingerprint density at radius 2 is 1.61 bits per heavy atom. The van der Waals surface area contributed by atoms with Crippen molar-refractivity contribution in [1.82, 2.24) is 14.5 Å². The van der Waals surface area contributed by atoms with Crippen LogP contribution in [0.2, 0.25) is 0 Å². The standard InChI is InChI=1S/C22H23N3O3/c1-24-18-8-4-5-9-19(18)25(22(28)21(24)27)14-15-10-12-16(13-11-15)20(26)23-17-6-2-3-7-17/h4-5,8-13,17H,2-3,6-7,14H2,1H3,(H,23,26). The van der Waals surface area contributed by atoms with E-state index in [1.54, 1.807) is 19.2 Å². The van der Waals surface area contributed by atoms with Crippen molar-refractivity contribution >= 4 is 16.9 Å². The molecule has 0 radical (unpaired) electrons. The molecule has 2 aromatic carbocycles. The van der Waals surface area contributed by atoms with Gasteiger partial charge in [0.25, 0.3) is 5.91 Å². The Labute approximate surface area is 162 Å². The summed E-state index contributed by atoms with van der Waals surface area (Å²) < 4.78 is 2.87. The summed E-state index contributed by atoms with van der Waals surface area (Å²) in [6.45, 7) is 0.278. The summed E-state index contributed by atoms with van der Waals surface area (Å²) in [4.78, 5) is 37.2. The average molecular weight is 377 g/mol. The Kier molecular flexibility index (Phi) is 4.86. The van der Waals surface area contributed by atoms with Gasteiger partial charge in [-0.15, -0.1) is 0 Å². The van der Waals surface area contributed by atoms with E-state index in [0.29, 0.717) is 16.6 Å². The molecule has 1 saturated carbocycles. The first kappa shape index (κ1) is 18.2.